The molecular weight excluding hydrogens is 150 g/mol. The normalized spacial score (nSPS) is 9.42. The summed E-state index contributed by atoms with van der Waals surface area (Å²) in [6, 6.07) is 5.40. The first-order valence-corrected chi connectivity index (χ1v) is 3.91. The maximum absolute atomic E-state index is 9.40. The molecular formula is C10H11NO. The van der Waals surface area contributed by atoms with Crippen molar-refractivity contribution in [2.75, 3.05) is 0 Å². The van der Waals surface area contributed by atoms with Crippen LogP contribution in [0.4, 0.5) is 0 Å². The summed E-state index contributed by atoms with van der Waals surface area (Å²) in [4.78, 5) is 0. The minimum absolute atomic E-state index is 0.222. The number of nitriles is 1. The van der Waals surface area contributed by atoms with Crippen molar-refractivity contribution in [3.05, 3.63) is 28.8 Å². The van der Waals surface area contributed by atoms with E-state index in [-0.39, 0.29) is 5.75 Å². The number of hydrogen-bond donors (Lipinski definition) is 1. The van der Waals surface area contributed by atoms with Gasteiger partial charge in [0.1, 0.15) is 5.75 Å². The molecule has 0 spiro atoms. The first-order chi connectivity index (χ1) is 5.69. The topological polar surface area (TPSA) is 44.0 Å². The second-order valence-electron chi connectivity index (χ2n) is 2.76. The van der Waals surface area contributed by atoms with Gasteiger partial charge in [-0.3, -0.25) is 0 Å². The summed E-state index contributed by atoms with van der Waals surface area (Å²) >= 11 is 0. The molecule has 0 amide bonds. The molecule has 12 heavy (non-hydrogen) atoms. The van der Waals surface area contributed by atoms with Gasteiger partial charge in [-0.15, -0.1) is 0 Å². The van der Waals surface area contributed by atoms with Crippen molar-refractivity contribution in [3.63, 3.8) is 0 Å². The predicted octanol–water partition coefficient (Wildman–Crippen LogP) is 2.13. The number of aromatic hydroxyl groups is 1. The van der Waals surface area contributed by atoms with E-state index in [1.54, 1.807) is 0 Å². The molecule has 0 saturated heterocycles. The lowest BCUT2D eigenvalue weighted by Gasteiger charge is -2.03. The average Bonchev–Trinajstić information content (AvgIpc) is 2.08. The van der Waals surface area contributed by atoms with E-state index in [0.717, 1.165) is 17.5 Å². The number of phenols is 1. The molecule has 0 saturated carbocycles. The fourth-order valence-corrected chi connectivity index (χ4v) is 1.16. The molecule has 0 atom stereocenters. The highest BCUT2D eigenvalue weighted by Gasteiger charge is 2.03. The lowest BCUT2D eigenvalue weighted by Crippen LogP contribution is -1.87. The molecule has 2 nitrogen and oxygen atoms in total. The molecule has 0 unspecified atom stereocenters. The van der Waals surface area contributed by atoms with Gasteiger partial charge in [-0.05, 0) is 30.5 Å². The minimum atomic E-state index is 0.222. The highest BCUT2D eigenvalue weighted by molar-refractivity contribution is 5.46. The predicted molar refractivity (Wildman–Crippen MR) is 46.9 cm³/mol. The van der Waals surface area contributed by atoms with E-state index in [2.05, 4.69) is 0 Å². The number of rotatable bonds is 1. The fraction of sp³-hybridized carbons (Fsp3) is 0.300. The summed E-state index contributed by atoms with van der Waals surface area (Å²) in [5.41, 5.74) is 2.36. The lowest BCUT2D eigenvalue weighted by atomic mass is 10.0. The van der Waals surface area contributed by atoms with Gasteiger partial charge in [0.05, 0.1) is 11.6 Å². The van der Waals surface area contributed by atoms with Crippen LogP contribution in [0.2, 0.25) is 0 Å². The van der Waals surface area contributed by atoms with Crippen molar-refractivity contribution in [3.8, 4) is 11.8 Å². The first-order valence-electron chi connectivity index (χ1n) is 3.91. The van der Waals surface area contributed by atoms with Gasteiger partial charge in [-0.25, -0.2) is 0 Å². The fourth-order valence-electron chi connectivity index (χ4n) is 1.16. The third-order valence-electron chi connectivity index (χ3n) is 1.93. The van der Waals surface area contributed by atoms with Gasteiger partial charge in [0.25, 0.3) is 0 Å². The van der Waals surface area contributed by atoms with Crippen molar-refractivity contribution in [2.24, 2.45) is 0 Å². The number of hydrogen-bond acceptors (Lipinski definition) is 2. The Morgan fingerprint density at radius 1 is 1.50 bits per heavy atom. The molecule has 0 radical (unpaired) electrons. The van der Waals surface area contributed by atoms with E-state index >= 15 is 0 Å². The van der Waals surface area contributed by atoms with Crippen LogP contribution in [-0.4, -0.2) is 5.11 Å². The van der Waals surface area contributed by atoms with Crippen molar-refractivity contribution in [1.82, 2.24) is 0 Å². The third-order valence-corrected chi connectivity index (χ3v) is 1.93. The Hall–Kier alpha value is -1.49. The van der Waals surface area contributed by atoms with E-state index in [1.807, 2.05) is 26.0 Å². The molecule has 0 aliphatic heterocycles. The largest absolute Gasteiger partial charge is 0.508 e. The average molecular weight is 161 g/mol. The van der Waals surface area contributed by atoms with Crippen molar-refractivity contribution in [1.29, 1.82) is 5.26 Å². The van der Waals surface area contributed by atoms with Crippen LogP contribution in [0.5, 0.6) is 5.75 Å². The van der Waals surface area contributed by atoms with Gasteiger partial charge < -0.3 is 5.11 Å². The second-order valence-corrected chi connectivity index (χ2v) is 2.76. The zero-order valence-corrected chi connectivity index (χ0v) is 7.26. The van der Waals surface area contributed by atoms with Crippen LogP contribution in [0.3, 0.4) is 0 Å². The number of phenolic OH excluding ortho intramolecular Hbond substituents is 1. The Bertz CT molecular complexity index is 336. The molecule has 1 N–H and O–H groups in total. The zero-order valence-electron chi connectivity index (χ0n) is 7.26. The molecule has 62 valence electrons. The quantitative estimate of drug-likeness (QED) is 0.685. The zero-order chi connectivity index (χ0) is 9.14. The van der Waals surface area contributed by atoms with Gasteiger partial charge in [-0.2, -0.15) is 5.26 Å². The van der Waals surface area contributed by atoms with Gasteiger partial charge in [0.15, 0.2) is 0 Å². The molecule has 1 rings (SSSR count). The molecule has 2 heteroatoms. The Labute approximate surface area is 72.1 Å². The Kier molecular flexibility index (Phi) is 2.35. The number of benzene rings is 1. The van der Waals surface area contributed by atoms with Crippen LogP contribution in [0, 0.1) is 18.3 Å². The molecule has 0 aliphatic rings. The summed E-state index contributed by atoms with van der Waals surface area (Å²) in [7, 11) is 0. The summed E-state index contributed by atoms with van der Waals surface area (Å²) < 4.78 is 0. The van der Waals surface area contributed by atoms with E-state index in [0.29, 0.717) is 5.56 Å². The Balaban J connectivity index is 3.28. The van der Waals surface area contributed by atoms with Crippen LogP contribution >= 0.6 is 0 Å². The van der Waals surface area contributed by atoms with Gasteiger partial charge in [-0.1, -0.05) is 13.0 Å². The SMILES string of the molecule is CCc1cc(C)c(C#N)cc1O. The summed E-state index contributed by atoms with van der Waals surface area (Å²) in [5.74, 6) is 0.222. The molecule has 0 aliphatic carbocycles. The maximum atomic E-state index is 9.40. The molecule has 0 aromatic heterocycles. The number of nitrogens with zero attached hydrogens (tertiary/aromatic N) is 1. The van der Waals surface area contributed by atoms with Crippen molar-refractivity contribution >= 4 is 0 Å². The van der Waals surface area contributed by atoms with E-state index in [9.17, 15) is 5.11 Å². The summed E-state index contributed by atoms with van der Waals surface area (Å²) in [6.45, 7) is 3.84. The lowest BCUT2D eigenvalue weighted by molar-refractivity contribution is 0.468. The molecule has 0 fully saturated rings. The van der Waals surface area contributed by atoms with Gasteiger partial charge in [0, 0.05) is 0 Å². The van der Waals surface area contributed by atoms with E-state index in [4.69, 9.17) is 5.26 Å². The molecule has 1 aromatic rings. The van der Waals surface area contributed by atoms with Gasteiger partial charge >= 0.3 is 0 Å². The van der Waals surface area contributed by atoms with E-state index in [1.165, 1.54) is 6.07 Å². The van der Waals surface area contributed by atoms with Crippen molar-refractivity contribution < 1.29 is 5.11 Å². The van der Waals surface area contributed by atoms with Crippen LogP contribution in [0.1, 0.15) is 23.6 Å². The Morgan fingerprint density at radius 3 is 2.67 bits per heavy atom. The standard InChI is InChI=1S/C10H11NO/c1-3-8-4-7(2)9(6-11)5-10(8)12/h4-5,12H,3H2,1-2H3. The first kappa shape index (κ1) is 8.61. The van der Waals surface area contributed by atoms with Crippen LogP contribution in [0.25, 0.3) is 0 Å². The highest BCUT2D eigenvalue weighted by Crippen LogP contribution is 2.21. The van der Waals surface area contributed by atoms with Crippen molar-refractivity contribution in [2.45, 2.75) is 20.3 Å². The minimum Gasteiger partial charge on any atom is -0.508 e. The summed E-state index contributed by atoms with van der Waals surface area (Å²) in [5, 5.41) is 18.0. The van der Waals surface area contributed by atoms with E-state index < -0.39 is 0 Å². The van der Waals surface area contributed by atoms with Gasteiger partial charge in [0.2, 0.25) is 0 Å². The molecule has 1 aromatic carbocycles. The number of aryl methyl sites for hydroxylation is 2. The smallest absolute Gasteiger partial charge is 0.120 e. The highest BCUT2D eigenvalue weighted by atomic mass is 16.3. The second kappa shape index (κ2) is 3.27. The third kappa shape index (κ3) is 1.40. The molecule has 0 heterocycles. The maximum Gasteiger partial charge on any atom is 0.120 e. The van der Waals surface area contributed by atoms with Crippen LogP contribution in [-0.2, 0) is 6.42 Å². The van der Waals surface area contributed by atoms with Crippen LogP contribution in [0.15, 0.2) is 12.1 Å². The Morgan fingerprint density at radius 2 is 2.17 bits per heavy atom. The monoisotopic (exact) mass is 161 g/mol. The van der Waals surface area contributed by atoms with Crippen LogP contribution < -0.4 is 0 Å². The molecule has 0 bridgehead atoms. The summed E-state index contributed by atoms with van der Waals surface area (Å²) in [6.07, 6.45) is 0.790.